The van der Waals surface area contributed by atoms with Crippen LogP contribution in [0.15, 0.2) is 47.8 Å². The molecule has 0 aliphatic rings. The molecule has 3 aromatic rings. The van der Waals surface area contributed by atoms with E-state index in [-0.39, 0.29) is 5.91 Å². The third-order valence-electron chi connectivity index (χ3n) is 4.73. The minimum atomic E-state index is -0.506. The van der Waals surface area contributed by atoms with Crippen molar-refractivity contribution in [1.29, 1.82) is 0 Å². The summed E-state index contributed by atoms with van der Waals surface area (Å²) in [6, 6.07) is 12.9. The van der Waals surface area contributed by atoms with Crippen LogP contribution in [0.1, 0.15) is 33.2 Å². The molecule has 2 aromatic carbocycles. The number of amides is 1. The van der Waals surface area contributed by atoms with E-state index in [2.05, 4.69) is 12.2 Å². The zero-order chi connectivity index (χ0) is 21.7. The molecule has 0 spiro atoms. The minimum Gasteiger partial charge on any atom is -0.493 e. The van der Waals surface area contributed by atoms with Crippen LogP contribution in [0.4, 0.5) is 5.00 Å². The highest BCUT2D eigenvalue weighted by Gasteiger charge is 2.23. The van der Waals surface area contributed by atoms with E-state index in [9.17, 15) is 9.59 Å². The van der Waals surface area contributed by atoms with E-state index in [1.165, 1.54) is 38.2 Å². The molecule has 0 unspecified atom stereocenters. The standard InChI is InChI=1S/C23H23NO5S/c1-5-14-6-8-15(9-7-14)17-13-30-22(20(17)23(26)29-4)24-21(25)16-10-11-18(27-2)19(12-16)28-3/h6-13H,5H2,1-4H3,(H,24,25). The zero-order valence-corrected chi connectivity index (χ0v) is 18.1. The van der Waals surface area contributed by atoms with Crippen molar-refractivity contribution in [2.45, 2.75) is 13.3 Å². The van der Waals surface area contributed by atoms with Gasteiger partial charge in [0.15, 0.2) is 11.5 Å². The quantitative estimate of drug-likeness (QED) is 0.537. The number of thiophene rings is 1. The SMILES string of the molecule is CCc1ccc(-c2csc(NC(=O)c3ccc(OC)c(OC)c3)c2C(=O)OC)cc1. The second kappa shape index (κ2) is 9.45. The Hall–Kier alpha value is -3.32. The van der Waals surface area contributed by atoms with E-state index in [1.54, 1.807) is 18.2 Å². The summed E-state index contributed by atoms with van der Waals surface area (Å²) in [5, 5.41) is 5.10. The zero-order valence-electron chi connectivity index (χ0n) is 17.3. The molecule has 0 bridgehead atoms. The first-order chi connectivity index (χ1) is 14.5. The average molecular weight is 426 g/mol. The maximum absolute atomic E-state index is 12.8. The van der Waals surface area contributed by atoms with Gasteiger partial charge in [0.05, 0.1) is 21.3 Å². The molecule has 0 radical (unpaired) electrons. The lowest BCUT2D eigenvalue weighted by molar-refractivity contribution is 0.0603. The van der Waals surface area contributed by atoms with E-state index in [1.807, 2.05) is 29.6 Å². The summed E-state index contributed by atoms with van der Waals surface area (Å²) in [6.45, 7) is 2.08. The highest BCUT2D eigenvalue weighted by atomic mass is 32.1. The van der Waals surface area contributed by atoms with Crippen LogP contribution in [0.25, 0.3) is 11.1 Å². The Bertz CT molecular complexity index is 1060. The van der Waals surface area contributed by atoms with E-state index in [0.717, 1.165) is 17.5 Å². The van der Waals surface area contributed by atoms with Crippen LogP contribution in [-0.4, -0.2) is 33.2 Å². The summed E-state index contributed by atoms with van der Waals surface area (Å²) < 4.78 is 15.4. The Balaban J connectivity index is 1.95. The van der Waals surface area contributed by atoms with Gasteiger partial charge in [0.25, 0.3) is 5.91 Å². The van der Waals surface area contributed by atoms with Crippen LogP contribution in [-0.2, 0) is 11.2 Å². The number of nitrogens with one attached hydrogen (secondary N) is 1. The minimum absolute atomic E-state index is 0.334. The van der Waals surface area contributed by atoms with E-state index >= 15 is 0 Å². The molecule has 0 aliphatic heterocycles. The third kappa shape index (κ3) is 4.31. The van der Waals surface area contributed by atoms with Crippen LogP contribution in [0.5, 0.6) is 11.5 Å². The average Bonchev–Trinajstić information content (AvgIpc) is 3.21. The highest BCUT2D eigenvalue weighted by Crippen LogP contribution is 2.37. The number of carbonyl (C=O) groups is 2. The van der Waals surface area contributed by atoms with Gasteiger partial charge in [-0.1, -0.05) is 31.2 Å². The van der Waals surface area contributed by atoms with Crippen LogP contribution < -0.4 is 14.8 Å². The Morgan fingerprint density at radius 2 is 1.67 bits per heavy atom. The smallest absolute Gasteiger partial charge is 0.341 e. The molecule has 1 aromatic heterocycles. The number of carbonyl (C=O) groups excluding carboxylic acids is 2. The van der Waals surface area contributed by atoms with Gasteiger partial charge in [0.1, 0.15) is 10.6 Å². The first-order valence-corrected chi connectivity index (χ1v) is 10.2. The van der Waals surface area contributed by atoms with Gasteiger partial charge in [0, 0.05) is 16.5 Å². The normalized spacial score (nSPS) is 10.4. The Morgan fingerprint density at radius 1 is 0.967 bits per heavy atom. The number of ether oxygens (including phenoxy) is 3. The summed E-state index contributed by atoms with van der Waals surface area (Å²) >= 11 is 1.28. The summed E-state index contributed by atoms with van der Waals surface area (Å²) in [4.78, 5) is 25.3. The number of hydrogen-bond acceptors (Lipinski definition) is 6. The van der Waals surface area contributed by atoms with Crippen molar-refractivity contribution < 1.29 is 23.8 Å². The number of rotatable bonds is 7. The van der Waals surface area contributed by atoms with Gasteiger partial charge in [0.2, 0.25) is 0 Å². The van der Waals surface area contributed by atoms with E-state index < -0.39 is 5.97 Å². The largest absolute Gasteiger partial charge is 0.493 e. The second-order valence-electron chi connectivity index (χ2n) is 6.42. The van der Waals surface area contributed by atoms with Gasteiger partial charge in [-0.15, -0.1) is 11.3 Å². The third-order valence-corrected chi connectivity index (χ3v) is 5.62. The lowest BCUT2D eigenvalue weighted by atomic mass is 10.0. The van der Waals surface area contributed by atoms with Crippen LogP contribution in [0.3, 0.4) is 0 Å². The molecule has 0 saturated heterocycles. The molecule has 7 heteroatoms. The van der Waals surface area contributed by atoms with Crippen molar-refractivity contribution in [3.05, 3.63) is 64.5 Å². The Morgan fingerprint density at radius 3 is 2.27 bits per heavy atom. The van der Waals surface area contributed by atoms with Crippen molar-refractivity contribution in [3.8, 4) is 22.6 Å². The molecule has 6 nitrogen and oxygen atoms in total. The molecule has 0 aliphatic carbocycles. The number of anilines is 1. The van der Waals surface area contributed by atoms with Crippen LogP contribution in [0, 0.1) is 0 Å². The fraction of sp³-hybridized carbons (Fsp3) is 0.217. The number of aryl methyl sites for hydroxylation is 1. The second-order valence-corrected chi connectivity index (χ2v) is 7.30. The van der Waals surface area contributed by atoms with Gasteiger partial charge in [-0.25, -0.2) is 4.79 Å². The van der Waals surface area contributed by atoms with Crippen molar-refractivity contribution in [2.24, 2.45) is 0 Å². The number of benzene rings is 2. The summed E-state index contributed by atoms with van der Waals surface area (Å²) in [5.74, 6) is 0.101. The van der Waals surface area contributed by atoms with Crippen molar-refractivity contribution in [3.63, 3.8) is 0 Å². The molecular weight excluding hydrogens is 402 g/mol. The molecule has 156 valence electrons. The maximum Gasteiger partial charge on any atom is 0.341 e. The number of hydrogen-bond donors (Lipinski definition) is 1. The predicted molar refractivity (Wildman–Crippen MR) is 118 cm³/mol. The summed E-state index contributed by atoms with van der Waals surface area (Å²) in [5.41, 5.74) is 3.52. The Labute approximate surface area is 179 Å². The molecule has 0 atom stereocenters. The summed E-state index contributed by atoms with van der Waals surface area (Å²) in [6.07, 6.45) is 0.931. The van der Waals surface area contributed by atoms with E-state index in [0.29, 0.717) is 27.6 Å². The van der Waals surface area contributed by atoms with Gasteiger partial charge >= 0.3 is 5.97 Å². The lowest BCUT2D eigenvalue weighted by Gasteiger charge is -2.11. The lowest BCUT2D eigenvalue weighted by Crippen LogP contribution is -2.14. The molecule has 30 heavy (non-hydrogen) atoms. The summed E-state index contributed by atoms with van der Waals surface area (Å²) in [7, 11) is 4.36. The molecule has 3 rings (SSSR count). The van der Waals surface area contributed by atoms with Gasteiger partial charge in [-0.2, -0.15) is 0 Å². The van der Waals surface area contributed by atoms with Gasteiger partial charge in [-0.05, 0) is 35.7 Å². The number of methoxy groups -OCH3 is 3. The first-order valence-electron chi connectivity index (χ1n) is 9.34. The van der Waals surface area contributed by atoms with Crippen LogP contribution >= 0.6 is 11.3 Å². The molecule has 0 saturated carbocycles. The fourth-order valence-corrected chi connectivity index (χ4v) is 3.99. The predicted octanol–water partition coefficient (Wildman–Crippen LogP) is 5.03. The monoisotopic (exact) mass is 425 g/mol. The van der Waals surface area contributed by atoms with Crippen LogP contribution in [0.2, 0.25) is 0 Å². The fourth-order valence-electron chi connectivity index (χ4n) is 3.04. The maximum atomic E-state index is 12.8. The first kappa shape index (κ1) is 21.4. The Kier molecular flexibility index (Phi) is 6.74. The molecule has 1 amide bonds. The number of esters is 1. The molecule has 0 fully saturated rings. The highest BCUT2D eigenvalue weighted by molar-refractivity contribution is 7.15. The van der Waals surface area contributed by atoms with Crippen molar-refractivity contribution in [1.82, 2.24) is 0 Å². The molecular formula is C23H23NO5S. The van der Waals surface area contributed by atoms with Crippen molar-refractivity contribution in [2.75, 3.05) is 26.6 Å². The molecule has 1 heterocycles. The van der Waals surface area contributed by atoms with E-state index in [4.69, 9.17) is 14.2 Å². The van der Waals surface area contributed by atoms with Gasteiger partial charge in [-0.3, -0.25) is 4.79 Å². The molecule has 1 N–H and O–H groups in total. The van der Waals surface area contributed by atoms with Crippen molar-refractivity contribution >= 4 is 28.2 Å². The van der Waals surface area contributed by atoms with Gasteiger partial charge < -0.3 is 19.5 Å². The topological polar surface area (TPSA) is 73.9 Å².